The number of nitrogens with zero attached hydrogens (tertiary/aromatic N) is 1. The van der Waals surface area contributed by atoms with Crippen LogP contribution in [0.15, 0.2) is 35.1 Å². The first kappa shape index (κ1) is 13.3. The fourth-order valence-electron chi connectivity index (χ4n) is 3.32. The first-order valence-corrected chi connectivity index (χ1v) is 8.27. The maximum absolute atomic E-state index is 12.3. The summed E-state index contributed by atoms with van der Waals surface area (Å²) in [6.07, 6.45) is 4.49. The summed E-state index contributed by atoms with van der Waals surface area (Å²) >= 11 is 1.68. The van der Waals surface area contributed by atoms with Crippen molar-refractivity contribution >= 4 is 21.6 Å². The zero-order valence-electron chi connectivity index (χ0n) is 12.0. The molecule has 0 saturated heterocycles. The van der Waals surface area contributed by atoms with Crippen molar-refractivity contribution in [1.82, 2.24) is 4.98 Å². The predicted molar refractivity (Wildman–Crippen MR) is 89.2 cm³/mol. The van der Waals surface area contributed by atoms with E-state index in [0.29, 0.717) is 0 Å². The number of hydrogen-bond donors (Lipinski definition) is 1. The van der Waals surface area contributed by atoms with E-state index >= 15 is 0 Å². The molecule has 0 radical (unpaired) electrons. The average Bonchev–Trinajstić information content (AvgIpc) is 2.92. The Balaban J connectivity index is 2.18. The van der Waals surface area contributed by atoms with Gasteiger partial charge in [-0.2, -0.15) is 5.26 Å². The molecule has 0 aliphatic heterocycles. The number of H-pyrrole nitrogens is 1. The highest BCUT2D eigenvalue weighted by atomic mass is 32.1. The molecule has 1 aromatic carbocycles. The third-order valence-electron chi connectivity index (χ3n) is 4.30. The Morgan fingerprint density at radius 2 is 1.91 bits per heavy atom. The second-order valence-corrected chi connectivity index (χ2v) is 6.70. The quantitative estimate of drug-likeness (QED) is 0.738. The second-order valence-electron chi connectivity index (χ2n) is 5.60. The van der Waals surface area contributed by atoms with Gasteiger partial charge in [0.05, 0.1) is 0 Å². The number of nitrogens with one attached hydrogen (secondary N) is 1. The first-order valence-electron chi connectivity index (χ1n) is 7.45. The molecule has 0 atom stereocenters. The van der Waals surface area contributed by atoms with E-state index < -0.39 is 0 Å². The van der Waals surface area contributed by atoms with E-state index in [1.165, 1.54) is 23.3 Å². The van der Waals surface area contributed by atoms with Crippen LogP contribution in [-0.4, -0.2) is 4.98 Å². The molecule has 4 heteroatoms. The van der Waals surface area contributed by atoms with E-state index in [2.05, 4.69) is 11.1 Å². The van der Waals surface area contributed by atoms with Gasteiger partial charge in [-0.25, -0.2) is 0 Å². The minimum atomic E-state index is -0.285. The van der Waals surface area contributed by atoms with Crippen molar-refractivity contribution in [3.8, 4) is 17.2 Å². The summed E-state index contributed by atoms with van der Waals surface area (Å²) < 4.78 is 0. The molecule has 0 spiro atoms. The summed E-state index contributed by atoms with van der Waals surface area (Å²) in [4.78, 5) is 17.5. The van der Waals surface area contributed by atoms with Crippen molar-refractivity contribution in [3.05, 3.63) is 56.7 Å². The molecule has 0 bridgehead atoms. The number of aromatic amines is 1. The lowest BCUT2D eigenvalue weighted by Gasteiger charge is -2.13. The van der Waals surface area contributed by atoms with Gasteiger partial charge in [-0.3, -0.25) is 4.79 Å². The molecule has 2 aromatic heterocycles. The van der Waals surface area contributed by atoms with Crippen LogP contribution < -0.4 is 5.56 Å². The highest BCUT2D eigenvalue weighted by Crippen LogP contribution is 2.40. The molecular weight excluding hydrogens is 292 g/mol. The minimum absolute atomic E-state index is 0.227. The van der Waals surface area contributed by atoms with Crippen molar-refractivity contribution in [2.24, 2.45) is 0 Å². The van der Waals surface area contributed by atoms with Gasteiger partial charge >= 0.3 is 0 Å². The Morgan fingerprint density at radius 1 is 1.14 bits per heavy atom. The number of hydrogen-bond acceptors (Lipinski definition) is 3. The Hall–Kier alpha value is -2.38. The van der Waals surface area contributed by atoms with Crippen LogP contribution in [0.25, 0.3) is 21.3 Å². The summed E-state index contributed by atoms with van der Waals surface area (Å²) in [5, 5.41) is 10.6. The van der Waals surface area contributed by atoms with Crippen LogP contribution in [0.1, 0.15) is 28.8 Å². The maximum atomic E-state index is 12.3. The molecule has 3 aromatic rings. The van der Waals surface area contributed by atoms with Crippen LogP contribution in [-0.2, 0) is 12.8 Å². The molecule has 3 nitrogen and oxygen atoms in total. The topological polar surface area (TPSA) is 56.6 Å². The summed E-state index contributed by atoms with van der Waals surface area (Å²) in [5.74, 6) is 0. The summed E-state index contributed by atoms with van der Waals surface area (Å²) in [6.45, 7) is 0. The molecule has 1 aliphatic rings. The van der Waals surface area contributed by atoms with Gasteiger partial charge in [-0.1, -0.05) is 30.3 Å². The number of nitriles is 1. The van der Waals surface area contributed by atoms with E-state index in [0.717, 1.165) is 34.2 Å². The first-order chi connectivity index (χ1) is 10.8. The van der Waals surface area contributed by atoms with Gasteiger partial charge in [0.25, 0.3) is 5.56 Å². The number of thiophene rings is 1. The van der Waals surface area contributed by atoms with Gasteiger partial charge < -0.3 is 4.98 Å². The zero-order chi connectivity index (χ0) is 15.1. The summed E-state index contributed by atoms with van der Waals surface area (Å²) in [7, 11) is 0. The Bertz CT molecular complexity index is 961. The van der Waals surface area contributed by atoms with Crippen LogP contribution in [0.2, 0.25) is 0 Å². The number of aromatic nitrogens is 1. The van der Waals surface area contributed by atoms with Crippen LogP contribution in [0, 0.1) is 11.3 Å². The van der Waals surface area contributed by atoms with Crippen LogP contribution in [0.5, 0.6) is 0 Å². The number of fused-ring (bicyclic) bond motifs is 3. The lowest BCUT2D eigenvalue weighted by atomic mass is 9.91. The Labute approximate surface area is 131 Å². The number of aryl methyl sites for hydroxylation is 2. The van der Waals surface area contributed by atoms with Gasteiger partial charge in [-0.05, 0) is 36.8 Å². The molecule has 4 rings (SSSR count). The lowest BCUT2D eigenvalue weighted by Crippen LogP contribution is -2.11. The van der Waals surface area contributed by atoms with Crippen molar-refractivity contribution in [2.75, 3.05) is 0 Å². The van der Waals surface area contributed by atoms with Gasteiger partial charge in [-0.15, -0.1) is 11.3 Å². The molecule has 2 heterocycles. The molecule has 108 valence electrons. The lowest BCUT2D eigenvalue weighted by molar-refractivity contribution is 0.700. The fourth-order valence-corrected chi connectivity index (χ4v) is 4.61. The molecule has 0 unspecified atom stereocenters. The highest BCUT2D eigenvalue weighted by Gasteiger charge is 2.23. The molecule has 0 amide bonds. The number of pyridine rings is 1. The smallest absolute Gasteiger partial charge is 0.267 e. The monoisotopic (exact) mass is 306 g/mol. The Morgan fingerprint density at radius 3 is 2.68 bits per heavy atom. The number of benzene rings is 1. The molecule has 0 saturated carbocycles. The minimum Gasteiger partial charge on any atom is -0.312 e. The average molecular weight is 306 g/mol. The van der Waals surface area contributed by atoms with Crippen LogP contribution in [0.4, 0.5) is 0 Å². The third-order valence-corrected chi connectivity index (χ3v) is 5.51. The molecule has 0 fully saturated rings. The summed E-state index contributed by atoms with van der Waals surface area (Å²) in [5.41, 5.74) is 3.03. The van der Waals surface area contributed by atoms with Crippen molar-refractivity contribution < 1.29 is 0 Å². The SMILES string of the molecule is N#Cc1c(-c2ccccc2)c2c3c(sc2[nH]c1=O)CCCC3. The van der Waals surface area contributed by atoms with Gasteiger partial charge in [0.15, 0.2) is 0 Å². The molecule has 1 aliphatic carbocycles. The maximum Gasteiger partial charge on any atom is 0.267 e. The van der Waals surface area contributed by atoms with E-state index in [1.807, 2.05) is 30.3 Å². The van der Waals surface area contributed by atoms with E-state index in [9.17, 15) is 10.1 Å². The number of rotatable bonds is 1. The predicted octanol–water partition coefficient (Wildman–Crippen LogP) is 4.01. The second kappa shape index (κ2) is 5.11. The van der Waals surface area contributed by atoms with Gasteiger partial charge in [0, 0.05) is 15.8 Å². The van der Waals surface area contributed by atoms with E-state index in [1.54, 1.807) is 11.3 Å². The van der Waals surface area contributed by atoms with Gasteiger partial charge in [0.2, 0.25) is 0 Å². The third kappa shape index (κ3) is 1.90. The van der Waals surface area contributed by atoms with Gasteiger partial charge in [0.1, 0.15) is 16.5 Å². The summed E-state index contributed by atoms with van der Waals surface area (Å²) in [6, 6.07) is 11.9. The van der Waals surface area contributed by atoms with Crippen LogP contribution >= 0.6 is 11.3 Å². The molecule has 1 N–H and O–H groups in total. The normalized spacial score (nSPS) is 13.8. The largest absolute Gasteiger partial charge is 0.312 e. The molecular formula is C18H14N2OS. The van der Waals surface area contributed by atoms with E-state index in [4.69, 9.17) is 0 Å². The molecule has 22 heavy (non-hydrogen) atoms. The van der Waals surface area contributed by atoms with Crippen LogP contribution in [0.3, 0.4) is 0 Å². The zero-order valence-corrected chi connectivity index (χ0v) is 12.8. The standard InChI is InChI=1S/C18H14N2OS/c19-10-13-15(11-6-2-1-3-7-11)16-12-8-4-5-9-14(12)22-18(16)20-17(13)21/h1-3,6-7H,4-5,8-9H2,(H,20,21). The Kier molecular flexibility index (Phi) is 3.09. The van der Waals surface area contributed by atoms with E-state index in [-0.39, 0.29) is 11.1 Å². The fraction of sp³-hybridized carbons (Fsp3) is 0.222. The van der Waals surface area contributed by atoms with Crippen molar-refractivity contribution in [3.63, 3.8) is 0 Å². The van der Waals surface area contributed by atoms with Crippen molar-refractivity contribution in [2.45, 2.75) is 25.7 Å². The highest BCUT2D eigenvalue weighted by molar-refractivity contribution is 7.19. The van der Waals surface area contributed by atoms with Crippen molar-refractivity contribution in [1.29, 1.82) is 5.26 Å².